The fourth-order valence-electron chi connectivity index (χ4n) is 1.71. The summed E-state index contributed by atoms with van der Waals surface area (Å²) in [6, 6.07) is 9.98. The Hall–Kier alpha value is -1.55. The van der Waals surface area contributed by atoms with Gasteiger partial charge in [0.15, 0.2) is 0 Å². The number of nitrogens with zero attached hydrogens (tertiary/aromatic N) is 1. The summed E-state index contributed by atoms with van der Waals surface area (Å²) in [6.45, 7) is 0.858. The Morgan fingerprint density at radius 2 is 2.00 bits per heavy atom. The van der Waals surface area contributed by atoms with Gasteiger partial charge in [-0.15, -0.1) is 0 Å². The Morgan fingerprint density at radius 1 is 1.22 bits per heavy atom. The zero-order valence-electron chi connectivity index (χ0n) is 10.2. The molecule has 3 nitrogen and oxygen atoms in total. The molecule has 0 aliphatic heterocycles. The molecule has 4 heteroatoms. The number of rotatable bonds is 5. The van der Waals surface area contributed by atoms with Crippen molar-refractivity contribution in [3.05, 3.63) is 52.8 Å². The van der Waals surface area contributed by atoms with Crippen molar-refractivity contribution in [3.63, 3.8) is 0 Å². The van der Waals surface area contributed by atoms with Crippen LogP contribution in [0.25, 0.3) is 0 Å². The first-order chi connectivity index (χ1) is 8.79. The van der Waals surface area contributed by atoms with Crippen molar-refractivity contribution in [1.82, 2.24) is 4.98 Å². The van der Waals surface area contributed by atoms with E-state index in [0.29, 0.717) is 0 Å². The van der Waals surface area contributed by atoms with Gasteiger partial charge in [0.1, 0.15) is 5.75 Å². The van der Waals surface area contributed by atoms with Crippen LogP contribution in [0.2, 0.25) is 0 Å². The van der Waals surface area contributed by atoms with Crippen LogP contribution in [-0.2, 0) is 6.42 Å². The molecule has 18 heavy (non-hydrogen) atoms. The summed E-state index contributed by atoms with van der Waals surface area (Å²) in [5.41, 5.74) is 2.27. The lowest BCUT2D eigenvalue weighted by Crippen LogP contribution is -2.06. The summed E-state index contributed by atoms with van der Waals surface area (Å²) in [6.07, 6.45) is 4.59. The number of anilines is 1. The van der Waals surface area contributed by atoms with Crippen LogP contribution in [0, 0.1) is 0 Å². The maximum atomic E-state index is 5.31. The standard InChI is InChI=1S/C14H15BrN2O/c1-18-14-3-2-12(15)10-13(14)17-9-6-11-4-7-16-8-5-11/h2-5,7-8,10,17H,6,9H2,1H3. The SMILES string of the molecule is COc1ccc(Br)cc1NCCc1ccncc1. The van der Waals surface area contributed by atoms with Crippen molar-refractivity contribution in [2.45, 2.75) is 6.42 Å². The topological polar surface area (TPSA) is 34.1 Å². The first-order valence-electron chi connectivity index (χ1n) is 5.76. The average Bonchev–Trinajstić information content (AvgIpc) is 2.40. The van der Waals surface area contributed by atoms with E-state index in [2.05, 4.69) is 26.2 Å². The summed E-state index contributed by atoms with van der Waals surface area (Å²) < 4.78 is 6.35. The van der Waals surface area contributed by atoms with Crippen LogP contribution in [-0.4, -0.2) is 18.6 Å². The summed E-state index contributed by atoms with van der Waals surface area (Å²) in [5, 5.41) is 3.38. The van der Waals surface area contributed by atoms with Gasteiger partial charge in [0.2, 0.25) is 0 Å². The maximum absolute atomic E-state index is 5.31. The minimum absolute atomic E-state index is 0.855. The van der Waals surface area contributed by atoms with Crippen LogP contribution in [0.1, 0.15) is 5.56 Å². The minimum atomic E-state index is 0.855. The van der Waals surface area contributed by atoms with Crippen LogP contribution in [0.4, 0.5) is 5.69 Å². The van der Waals surface area contributed by atoms with Crippen molar-refractivity contribution < 1.29 is 4.74 Å². The van der Waals surface area contributed by atoms with E-state index in [9.17, 15) is 0 Å². The number of aromatic nitrogens is 1. The molecule has 0 bridgehead atoms. The third-order valence-corrected chi connectivity index (χ3v) is 3.13. The molecule has 0 saturated carbocycles. The summed E-state index contributed by atoms with van der Waals surface area (Å²) in [4.78, 5) is 4.00. The highest BCUT2D eigenvalue weighted by atomic mass is 79.9. The van der Waals surface area contributed by atoms with Gasteiger partial charge in [-0.1, -0.05) is 15.9 Å². The molecule has 2 rings (SSSR count). The van der Waals surface area contributed by atoms with Gasteiger partial charge >= 0.3 is 0 Å². The van der Waals surface area contributed by atoms with Crippen molar-refractivity contribution in [2.75, 3.05) is 19.0 Å². The number of hydrogen-bond acceptors (Lipinski definition) is 3. The number of halogens is 1. The third-order valence-electron chi connectivity index (χ3n) is 2.64. The van der Waals surface area contributed by atoms with Crippen molar-refractivity contribution in [1.29, 1.82) is 0 Å². The second-order valence-electron chi connectivity index (χ2n) is 3.88. The number of benzene rings is 1. The van der Waals surface area contributed by atoms with Crippen molar-refractivity contribution in [2.24, 2.45) is 0 Å². The summed E-state index contributed by atoms with van der Waals surface area (Å²) in [7, 11) is 1.68. The van der Waals surface area contributed by atoms with Crippen molar-refractivity contribution >= 4 is 21.6 Å². The van der Waals surface area contributed by atoms with Gasteiger partial charge in [-0.05, 0) is 42.3 Å². The Morgan fingerprint density at radius 3 is 2.72 bits per heavy atom. The fourth-order valence-corrected chi connectivity index (χ4v) is 2.07. The zero-order valence-corrected chi connectivity index (χ0v) is 11.8. The molecule has 0 unspecified atom stereocenters. The molecule has 0 saturated heterocycles. The van der Waals surface area contributed by atoms with E-state index < -0.39 is 0 Å². The van der Waals surface area contributed by atoms with Crippen LogP contribution >= 0.6 is 15.9 Å². The number of ether oxygens (including phenoxy) is 1. The molecule has 0 aliphatic rings. The lowest BCUT2D eigenvalue weighted by molar-refractivity contribution is 0.416. The number of hydrogen-bond donors (Lipinski definition) is 1. The lowest BCUT2D eigenvalue weighted by atomic mass is 10.2. The summed E-state index contributed by atoms with van der Waals surface area (Å²) >= 11 is 3.46. The molecule has 94 valence electrons. The van der Waals surface area contributed by atoms with E-state index in [-0.39, 0.29) is 0 Å². The molecule has 0 radical (unpaired) electrons. The molecule has 0 fully saturated rings. The lowest BCUT2D eigenvalue weighted by Gasteiger charge is -2.11. The van der Waals surface area contributed by atoms with Gasteiger partial charge in [-0.2, -0.15) is 0 Å². The second-order valence-corrected chi connectivity index (χ2v) is 4.79. The maximum Gasteiger partial charge on any atom is 0.142 e. The largest absolute Gasteiger partial charge is 0.495 e. The third kappa shape index (κ3) is 3.47. The molecule has 0 amide bonds. The molecule has 1 heterocycles. The van der Waals surface area contributed by atoms with Gasteiger partial charge in [-0.25, -0.2) is 0 Å². The monoisotopic (exact) mass is 306 g/mol. The molecule has 0 aliphatic carbocycles. The van der Waals surface area contributed by atoms with E-state index in [1.807, 2.05) is 42.7 Å². The molecule has 1 aromatic carbocycles. The first-order valence-corrected chi connectivity index (χ1v) is 6.55. The molecular formula is C14H15BrN2O. The minimum Gasteiger partial charge on any atom is -0.495 e. The predicted octanol–water partition coefficient (Wildman–Crippen LogP) is 3.51. The quantitative estimate of drug-likeness (QED) is 0.918. The molecule has 2 aromatic rings. The Balaban J connectivity index is 1.96. The molecule has 0 atom stereocenters. The Bertz CT molecular complexity index is 502. The van der Waals surface area contributed by atoms with E-state index in [1.54, 1.807) is 7.11 Å². The van der Waals surface area contributed by atoms with E-state index in [4.69, 9.17) is 4.74 Å². The van der Waals surface area contributed by atoms with Gasteiger partial charge in [0, 0.05) is 23.4 Å². The van der Waals surface area contributed by atoms with Crippen molar-refractivity contribution in [3.8, 4) is 5.75 Å². The Labute approximate surface area is 115 Å². The molecule has 1 N–H and O–H groups in total. The highest BCUT2D eigenvalue weighted by molar-refractivity contribution is 9.10. The normalized spacial score (nSPS) is 10.1. The fraction of sp³-hybridized carbons (Fsp3) is 0.214. The van der Waals surface area contributed by atoms with Crippen LogP contribution < -0.4 is 10.1 Å². The van der Waals surface area contributed by atoms with Crippen LogP contribution in [0.5, 0.6) is 5.75 Å². The van der Waals surface area contributed by atoms with Gasteiger partial charge < -0.3 is 10.1 Å². The predicted molar refractivity (Wildman–Crippen MR) is 77.1 cm³/mol. The van der Waals surface area contributed by atoms with Gasteiger partial charge in [-0.3, -0.25) is 4.98 Å². The van der Waals surface area contributed by atoms with E-state index >= 15 is 0 Å². The average molecular weight is 307 g/mol. The second kappa shape index (κ2) is 6.40. The molecule has 0 spiro atoms. The highest BCUT2D eigenvalue weighted by Gasteiger charge is 2.02. The van der Waals surface area contributed by atoms with Gasteiger partial charge in [0.25, 0.3) is 0 Å². The van der Waals surface area contributed by atoms with Crippen LogP contribution in [0.3, 0.4) is 0 Å². The van der Waals surface area contributed by atoms with Crippen LogP contribution in [0.15, 0.2) is 47.2 Å². The van der Waals surface area contributed by atoms with Gasteiger partial charge in [0.05, 0.1) is 12.8 Å². The smallest absolute Gasteiger partial charge is 0.142 e. The highest BCUT2D eigenvalue weighted by Crippen LogP contribution is 2.27. The number of methoxy groups -OCH3 is 1. The molecular weight excluding hydrogens is 292 g/mol. The summed E-state index contributed by atoms with van der Waals surface area (Å²) in [5.74, 6) is 0.855. The number of nitrogens with one attached hydrogen (secondary N) is 1. The first kappa shape index (κ1) is 12.9. The van der Waals surface area contributed by atoms with E-state index in [0.717, 1.165) is 28.9 Å². The molecule has 1 aromatic heterocycles. The zero-order chi connectivity index (χ0) is 12.8. The van der Waals surface area contributed by atoms with E-state index in [1.165, 1.54) is 5.56 Å². The number of pyridine rings is 1. The Kier molecular flexibility index (Phi) is 4.59.